The van der Waals surface area contributed by atoms with E-state index in [0.29, 0.717) is 28.7 Å². The molecule has 0 aliphatic carbocycles. The van der Waals surface area contributed by atoms with Gasteiger partial charge in [0.1, 0.15) is 18.1 Å². The number of nitrogens with zero attached hydrogens (tertiary/aromatic N) is 1. The Labute approximate surface area is 167 Å². The molecule has 0 amide bonds. The third-order valence-corrected chi connectivity index (χ3v) is 4.63. The highest BCUT2D eigenvalue weighted by molar-refractivity contribution is 6.31. The number of rotatable bonds is 5. The zero-order valence-electron chi connectivity index (χ0n) is 14.8. The second-order valence-corrected chi connectivity index (χ2v) is 6.60. The highest BCUT2D eigenvalue weighted by Crippen LogP contribution is 2.24. The lowest BCUT2D eigenvalue weighted by Crippen LogP contribution is -2.06. The Bertz CT molecular complexity index is 1070. The lowest BCUT2D eigenvalue weighted by Gasteiger charge is -2.08. The van der Waals surface area contributed by atoms with Gasteiger partial charge in [0.15, 0.2) is 0 Å². The number of carbonyl (C=O) groups is 1. The fourth-order valence-corrected chi connectivity index (χ4v) is 3.04. The fraction of sp³-hybridized carbons (Fsp3) is 0.0435. The van der Waals surface area contributed by atoms with E-state index in [9.17, 15) is 4.79 Å². The van der Waals surface area contributed by atoms with Crippen molar-refractivity contribution in [2.24, 2.45) is 5.16 Å². The highest BCUT2D eigenvalue weighted by atomic mass is 35.5. The third-order valence-electron chi connectivity index (χ3n) is 4.26. The number of oxime groups is 1. The van der Waals surface area contributed by atoms with Crippen molar-refractivity contribution < 1.29 is 14.4 Å². The van der Waals surface area contributed by atoms with Gasteiger partial charge in [-0.05, 0) is 29.8 Å². The molecule has 0 spiro atoms. The van der Waals surface area contributed by atoms with Crippen LogP contribution < -0.4 is 4.74 Å². The summed E-state index contributed by atoms with van der Waals surface area (Å²) in [7, 11) is 0. The van der Waals surface area contributed by atoms with Crippen LogP contribution in [-0.4, -0.2) is 11.7 Å². The van der Waals surface area contributed by atoms with Crippen LogP contribution in [0.2, 0.25) is 5.02 Å². The normalized spacial score (nSPS) is 14.7. The molecule has 4 nitrogen and oxygen atoms in total. The molecular weight excluding hydrogens is 374 g/mol. The monoisotopic (exact) mass is 389 g/mol. The van der Waals surface area contributed by atoms with Crippen LogP contribution in [0.5, 0.6) is 5.75 Å². The minimum Gasteiger partial charge on any atom is -0.489 e. The molecule has 1 aliphatic heterocycles. The van der Waals surface area contributed by atoms with E-state index in [2.05, 4.69) is 5.16 Å². The Hall–Kier alpha value is -3.37. The molecule has 0 bridgehead atoms. The molecule has 0 atom stereocenters. The second-order valence-electron chi connectivity index (χ2n) is 6.20. The Balaban J connectivity index is 1.56. The van der Waals surface area contributed by atoms with Crippen LogP contribution in [0.25, 0.3) is 6.08 Å². The highest BCUT2D eigenvalue weighted by Gasteiger charge is 2.26. The number of halogens is 1. The van der Waals surface area contributed by atoms with Gasteiger partial charge in [0, 0.05) is 16.1 Å². The van der Waals surface area contributed by atoms with Gasteiger partial charge in [-0.2, -0.15) is 0 Å². The first-order valence-electron chi connectivity index (χ1n) is 8.74. The van der Waals surface area contributed by atoms with Gasteiger partial charge in [-0.15, -0.1) is 0 Å². The molecule has 28 heavy (non-hydrogen) atoms. The first-order chi connectivity index (χ1) is 13.7. The molecule has 0 fully saturated rings. The summed E-state index contributed by atoms with van der Waals surface area (Å²) >= 11 is 6.17. The van der Waals surface area contributed by atoms with E-state index >= 15 is 0 Å². The number of hydrogen-bond acceptors (Lipinski definition) is 4. The Morgan fingerprint density at radius 2 is 1.75 bits per heavy atom. The van der Waals surface area contributed by atoms with Gasteiger partial charge in [-0.25, -0.2) is 4.79 Å². The predicted molar refractivity (Wildman–Crippen MR) is 109 cm³/mol. The first-order valence-corrected chi connectivity index (χ1v) is 9.11. The van der Waals surface area contributed by atoms with Gasteiger partial charge in [0.2, 0.25) is 0 Å². The van der Waals surface area contributed by atoms with Gasteiger partial charge in [-0.3, -0.25) is 0 Å². The Morgan fingerprint density at radius 3 is 2.57 bits per heavy atom. The van der Waals surface area contributed by atoms with E-state index in [1.54, 1.807) is 6.08 Å². The molecule has 0 saturated carbocycles. The van der Waals surface area contributed by atoms with Gasteiger partial charge >= 0.3 is 5.97 Å². The Kier molecular flexibility index (Phi) is 5.22. The third kappa shape index (κ3) is 3.97. The standard InChI is InChI=1S/C23H16ClNO3/c24-21-12-5-4-10-18(21)15-27-19-11-6-7-16(13-19)14-20-22(25-28-23(20)26)17-8-2-1-3-9-17/h1-14H,15H2/b20-14-. The molecule has 0 unspecified atom stereocenters. The summed E-state index contributed by atoms with van der Waals surface area (Å²) in [5.41, 5.74) is 3.48. The molecule has 1 heterocycles. The topological polar surface area (TPSA) is 47.9 Å². The SMILES string of the molecule is O=C1ON=C(c2ccccc2)/C1=C/c1cccc(OCc2ccccc2Cl)c1. The van der Waals surface area contributed by atoms with E-state index in [0.717, 1.165) is 16.7 Å². The number of ether oxygens (including phenoxy) is 1. The summed E-state index contributed by atoms with van der Waals surface area (Å²) in [4.78, 5) is 17.0. The van der Waals surface area contributed by atoms with E-state index in [4.69, 9.17) is 21.2 Å². The summed E-state index contributed by atoms with van der Waals surface area (Å²) in [5.74, 6) is 0.208. The molecule has 1 aliphatic rings. The maximum absolute atomic E-state index is 12.1. The van der Waals surface area contributed by atoms with Gasteiger partial charge in [0.05, 0.1) is 5.57 Å². The second kappa shape index (κ2) is 8.11. The Morgan fingerprint density at radius 1 is 0.964 bits per heavy atom. The van der Waals surface area contributed by atoms with Crippen molar-refractivity contribution in [3.63, 3.8) is 0 Å². The van der Waals surface area contributed by atoms with Crippen molar-refractivity contribution in [1.82, 2.24) is 0 Å². The van der Waals surface area contributed by atoms with Crippen molar-refractivity contribution in [2.75, 3.05) is 0 Å². The number of carbonyl (C=O) groups excluding carboxylic acids is 1. The van der Waals surface area contributed by atoms with Crippen LogP contribution >= 0.6 is 11.6 Å². The lowest BCUT2D eigenvalue weighted by atomic mass is 10.0. The van der Waals surface area contributed by atoms with Gasteiger partial charge in [0.25, 0.3) is 0 Å². The minimum atomic E-state index is -0.471. The molecule has 3 aromatic rings. The molecule has 0 saturated heterocycles. The zero-order chi connectivity index (χ0) is 19.3. The van der Waals surface area contributed by atoms with Crippen molar-refractivity contribution in [2.45, 2.75) is 6.61 Å². The van der Waals surface area contributed by atoms with Crippen LogP contribution in [0.3, 0.4) is 0 Å². The molecule has 0 aromatic heterocycles. The fourth-order valence-electron chi connectivity index (χ4n) is 2.85. The van der Waals surface area contributed by atoms with Crippen LogP contribution in [-0.2, 0) is 16.2 Å². The molecule has 4 rings (SSSR count). The van der Waals surface area contributed by atoms with E-state index in [1.807, 2.05) is 78.9 Å². The van der Waals surface area contributed by atoms with Crippen molar-refractivity contribution in [1.29, 1.82) is 0 Å². The average molecular weight is 390 g/mol. The molecule has 5 heteroatoms. The quantitative estimate of drug-likeness (QED) is 0.441. The average Bonchev–Trinajstić information content (AvgIpc) is 3.09. The number of hydrogen-bond donors (Lipinski definition) is 0. The summed E-state index contributed by atoms with van der Waals surface area (Å²) < 4.78 is 5.86. The van der Waals surface area contributed by atoms with Gasteiger partial charge in [-0.1, -0.05) is 77.4 Å². The maximum atomic E-state index is 12.1. The van der Waals surface area contributed by atoms with Crippen molar-refractivity contribution >= 4 is 29.4 Å². The van der Waals surface area contributed by atoms with Crippen LogP contribution in [0.1, 0.15) is 16.7 Å². The smallest absolute Gasteiger partial charge is 0.368 e. The zero-order valence-corrected chi connectivity index (χ0v) is 15.6. The van der Waals surface area contributed by atoms with Crippen molar-refractivity contribution in [3.05, 3.63) is 106 Å². The summed E-state index contributed by atoms with van der Waals surface area (Å²) in [6.45, 7) is 0.360. The molecule has 138 valence electrons. The molecular formula is C23H16ClNO3. The molecule has 0 radical (unpaired) electrons. The molecule has 0 N–H and O–H groups in total. The maximum Gasteiger partial charge on any atom is 0.368 e. The van der Waals surface area contributed by atoms with Crippen molar-refractivity contribution in [3.8, 4) is 5.75 Å². The largest absolute Gasteiger partial charge is 0.489 e. The van der Waals surface area contributed by atoms with Crippen LogP contribution in [0.4, 0.5) is 0 Å². The summed E-state index contributed by atoms with van der Waals surface area (Å²) in [5, 5.41) is 4.59. The summed E-state index contributed by atoms with van der Waals surface area (Å²) in [6, 6.07) is 24.5. The minimum absolute atomic E-state index is 0.360. The molecule has 3 aromatic carbocycles. The summed E-state index contributed by atoms with van der Waals surface area (Å²) in [6.07, 6.45) is 1.75. The van der Waals surface area contributed by atoms with E-state index in [1.165, 1.54) is 0 Å². The lowest BCUT2D eigenvalue weighted by molar-refractivity contribution is -0.136. The van der Waals surface area contributed by atoms with E-state index < -0.39 is 5.97 Å². The number of benzene rings is 3. The van der Waals surface area contributed by atoms with Gasteiger partial charge < -0.3 is 9.57 Å². The predicted octanol–water partition coefficient (Wildman–Crippen LogP) is 5.26. The van der Waals surface area contributed by atoms with E-state index in [-0.39, 0.29) is 0 Å². The van der Waals surface area contributed by atoms with Crippen LogP contribution in [0.15, 0.2) is 89.6 Å². The first kappa shape index (κ1) is 18.0. The van der Waals surface area contributed by atoms with Crippen LogP contribution in [0, 0.1) is 0 Å².